The van der Waals surface area contributed by atoms with E-state index in [9.17, 15) is 14.4 Å². The third-order valence-corrected chi connectivity index (χ3v) is 2.23. The predicted octanol–water partition coefficient (Wildman–Crippen LogP) is 0.111. The van der Waals surface area contributed by atoms with Gasteiger partial charge in [-0.3, -0.25) is 19.7 Å². The highest BCUT2D eigenvalue weighted by Crippen LogP contribution is 2.29. The third-order valence-electron chi connectivity index (χ3n) is 2.23. The molecule has 0 atom stereocenters. The van der Waals surface area contributed by atoms with Gasteiger partial charge in [-0.2, -0.15) is 0 Å². The van der Waals surface area contributed by atoms with Crippen molar-refractivity contribution < 1.29 is 14.4 Å². The fraction of sp³-hybridized carbons (Fsp3) is 0.100. The highest BCUT2D eigenvalue weighted by Gasteiger charge is 2.31. The number of hydrogen-bond donors (Lipinski definition) is 3. The van der Waals surface area contributed by atoms with Gasteiger partial charge in [-0.25, -0.2) is 0 Å². The monoisotopic (exact) mass is 219 g/mol. The zero-order valence-electron chi connectivity index (χ0n) is 8.46. The number of nitrogens with two attached hydrogens (primary N) is 1. The van der Waals surface area contributed by atoms with Crippen molar-refractivity contribution in [2.24, 2.45) is 0 Å². The topological polar surface area (TPSA) is 101 Å². The van der Waals surface area contributed by atoms with Crippen LogP contribution >= 0.6 is 0 Å². The first-order chi connectivity index (χ1) is 7.50. The zero-order valence-corrected chi connectivity index (χ0v) is 8.46. The van der Waals surface area contributed by atoms with E-state index in [1.807, 2.05) is 0 Å². The summed E-state index contributed by atoms with van der Waals surface area (Å²) >= 11 is 0. The standard InChI is InChI=1S/C10H9N3O3/c1-4(14)12-6-3-2-5(11)7-8(6)10(16)13-9(7)15/h2-3H,11H2,1H3,(H,12,14)(H,13,15,16). The molecule has 1 aliphatic rings. The lowest BCUT2D eigenvalue weighted by Gasteiger charge is -2.07. The Balaban J connectivity index is 2.63. The largest absolute Gasteiger partial charge is 0.398 e. The Bertz CT molecular complexity index is 522. The van der Waals surface area contributed by atoms with Crippen LogP contribution in [-0.4, -0.2) is 17.7 Å². The van der Waals surface area contributed by atoms with Gasteiger partial charge in [-0.1, -0.05) is 0 Å². The molecule has 1 aromatic rings. The normalized spacial score (nSPS) is 13.3. The molecule has 1 aliphatic heterocycles. The average molecular weight is 219 g/mol. The van der Waals surface area contributed by atoms with E-state index >= 15 is 0 Å². The Labute approximate surface area is 90.8 Å². The Morgan fingerprint density at radius 3 is 2.50 bits per heavy atom. The van der Waals surface area contributed by atoms with Crippen LogP contribution in [0.5, 0.6) is 0 Å². The summed E-state index contributed by atoms with van der Waals surface area (Å²) in [6.07, 6.45) is 0. The van der Waals surface area contributed by atoms with Crippen LogP contribution < -0.4 is 16.4 Å². The number of anilines is 2. The molecule has 0 bridgehead atoms. The molecular formula is C10H9N3O3. The number of imide groups is 1. The molecule has 1 aromatic carbocycles. The zero-order chi connectivity index (χ0) is 11.9. The van der Waals surface area contributed by atoms with Gasteiger partial charge in [0.25, 0.3) is 11.8 Å². The quantitative estimate of drug-likeness (QED) is 0.461. The lowest BCUT2D eigenvalue weighted by molar-refractivity contribution is -0.114. The van der Waals surface area contributed by atoms with Crippen molar-refractivity contribution in [3.63, 3.8) is 0 Å². The van der Waals surface area contributed by atoms with Gasteiger partial charge < -0.3 is 11.1 Å². The maximum atomic E-state index is 11.5. The van der Waals surface area contributed by atoms with Crippen molar-refractivity contribution in [1.82, 2.24) is 5.32 Å². The summed E-state index contributed by atoms with van der Waals surface area (Å²) in [6.45, 7) is 1.32. The van der Waals surface area contributed by atoms with E-state index in [1.54, 1.807) is 0 Å². The Morgan fingerprint density at radius 1 is 1.25 bits per heavy atom. The van der Waals surface area contributed by atoms with E-state index in [1.165, 1.54) is 19.1 Å². The molecule has 0 aromatic heterocycles. The molecular weight excluding hydrogens is 210 g/mol. The van der Waals surface area contributed by atoms with Crippen molar-refractivity contribution in [2.45, 2.75) is 6.92 Å². The fourth-order valence-electron chi connectivity index (χ4n) is 1.62. The molecule has 6 heteroatoms. The first-order valence-corrected chi connectivity index (χ1v) is 4.56. The van der Waals surface area contributed by atoms with Crippen molar-refractivity contribution in [3.8, 4) is 0 Å². The molecule has 0 aliphatic carbocycles. The van der Waals surface area contributed by atoms with Crippen LogP contribution in [0.3, 0.4) is 0 Å². The summed E-state index contributed by atoms with van der Waals surface area (Å²) in [5.41, 5.74) is 6.35. The maximum Gasteiger partial charge on any atom is 0.261 e. The number of amides is 3. The molecule has 0 unspecified atom stereocenters. The fourth-order valence-corrected chi connectivity index (χ4v) is 1.62. The molecule has 0 saturated heterocycles. The molecule has 0 radical (unpaired) electrons. The summed E-state index contributed by atoms with van der Waals surface area (Å²) in [6, 6.07) is 2.97. The molecule has 0 spiro atoms. The van der Waals surface area contributed by atoms with Crippen molar-refractivity contribution in [2.75, 3.05) is 11.1 Å². The number of nitrogens with one attached hydrogen (secondary N) is 2. The lowest BCUT2D eigenvalue weighted by atomic mass is 10.1. The van der Waals surface area contributed by atoms with Gasteiger partial charge in [0.2, 0.25) is 5.91 Å². The summed E-state index contributed by atoms with van der Waals surface area (Å²) in [5, 5.41) is 4.60. The van der Waals surface area contributed by atoms with E-state index < -0.39 is 11.8 Å². The molecule has 3 amide bonds. The van der Waals surface area contributed by atoms with E-state index in [-0.39, 0.29) is 22.7 Å². The Kier molecular flexibility index (Phi) is 2.12. The molecule has 4 N–H and O–H groups in total. The Morgan fingerprint density at radius 2 is 1.88 bits per heavy atom. The minimum absolute atomic E-state index is 0.122. The van der Waals surface area contributed by atoms with E-state index in [0.29, 0.717) is 5.69 Å². The number of fused-ring (bicyclic) bond motifs is 1. The van der Waals surface area contributed by atoms with Gasteiger partial charge in [-0.05, 0) is 12.1 Å². The number of rotatable bonds is 1. The van der Waals surface area contributed by atoms with Gasteiger partial charge in [0.05, 0.1) is 16.8 Å². The second kappa shape index (κ2) is 3.34. The van der Waals surface area contributed by atoms with Gasteiger partial charge in [0.1, 0.15) is 0 Å². The van der Waals surface area contributed by atoms with Gasteiger partial charge in [-0.15, -0.1) is 0 Å². The first-order valence-electron chi connectivity index (χ1n) is 4.56. The highest BCUT2D eigenvalue weighted by atomic mass is 16.2. The maximum absolute atomic E-state index is 11.5. The summed E-state index contributed by atoms with van der Waals surface area (Å²) in [7, 11) is 0. The molecule has 82 valence electrons. The van der Waals surface area contributed by atoms with Crippen LogP contribution in [0.15, 0.2) is 12.1 Å². The number of carbonyl (C=O) groups is 3. The molecule has 0 fully saturated rings. The average Bonchev–Trinajstić information content (AvgIpc) is 2.47. The van der Waals surface area contributed by atoms with Gasteiger partial charge in [0.15, 0.2) is 0 Å². The number of carbonyl (C=O) groups excluding carboxylic acids is 3. The predicted molar refractivity (Wildman–Crippen MR) is 57.0 cm³/mol. The highest BCUT2D eigenvalue weighted by molar-refractivity contribution is 6.26. The molecule has 1 heterocycles. The number of nitrogen functional groups attached to an aromatic ring is 1. The van der Waals surface area contributed by atoms with E-state index in [4.69, 9.17) is 5.73 Å². The second-order valence-electron chi connectivity index (χ2n) is 3.42. The number of benzene rings is 1. The van der Waals surface area contributed by atoms with Crippen molar-refractivity contribution in [1.29, 1.82) is 0 Å². The summed E-state index contributed by atoms with van der Waals surface area (Å²) < 4.78 is 0. The van der Waals surface area contributed by atoms with Crippen LogP contribution in [-0.2, 0) is 4.79 Å². The molecule has 0 saturated carbocycles. The van der Waals surface area contributed by atoms with Gasteiger partial charge >= 0.3 is 0 Å². The van der Waals surface area contributed by atoms with E-state index in [2.05, 4.69) is 10.6 Å². The third kappa shape index (κ3) is 1.40. The van der Waals surface area contributed by atoms with Crippen LogP contribution in [0.2, 0.25) is 0 Å². The lowest BCUT2D eigenvalue weighted by Crippen LogP contribution is -2.20. The second-order valence-corrected chi connectivity index (χ2v) is 3.42. The number of hydrogen-bond acceptors (Lipinski definition) is 4. The van der Waals surface area contributed by atoms with Crippen molar-refractivity contribution >= 4 is 29.1 Å². The van der Waals surface area contributed by atoms with Gasteiger partial charge in [0, 0.05) is 12.6 Å². The summed E-state index contributed by atoms with van der Waals surface area (Å²) in [4.78, 5) is 33.8. The Hall–Kier alpha value is -2.37. The first kappa shape index (κ1) is 10.2. The smallest absolute Gasteiger partial charge is 0.261 e. The minimum atomic E-state index is -0.545. The van der Waals surface area contributed by atoms with Crippen LogP contribution in [0.25, 0.3) is 0 Å². The van der Waals surface area contributed by atoms with Crippen LogP contribution in [0.1, 0.15) is 27.6 Å². The SMILES string of the molecule is CC(=O)Nc1ccc(N)c2c1C(=O)NC2=O. The molecule has 16 heavy (non-hydrogen) atoms. The summed E-state index contributed by atoms with van der Waals surface area (Å²) in [5.74, 6) is -1.40. The minimum Gasteiger partial charge on any atom is -0.398 e. The van der Waals surface area contributed by atoms with Crippen LogP contribution in [0.4, 0.5) is 11.4 Å². The van der Waals surface area contributed by atoms with Crippen molar-refractivity contribution in [3.05, 3.63) is 23.3 Å². The van der Waals surface area contributed by atoms with Crippen LogP contribution in [0, 0.1) is 0 Å². The molecule has 2 rings (SSSR count). The van der Waals surface area contributed by atoms with E-state index in [0.717, 1.165) is 0 Å². The molecule has 6 nitrogen and oxygen atoms in total.